The number of nitrogens with zero attached hydrogens (tertiary/aromatic N) is 1. The molecule has 2 N–H and O–H groups in total. The molecule has 0 atom stereocenters. The van der Waals surface area contributed by atoms with Crippen molar-refractivity contribution in [1.82, 2.24) is 9.97 Å². The molecule has 4 aromatic rings. The second kappa shape index (κ2) is 6.61. The van der Waals surface area contributed by atoms with E-state index in [0.717, 1.165) is 22.3 Å². The molecule has 3 aromatic carbocycles. The minimum absolute atomic E-state index is 0.187. The van der Waals surface area contributed by atoms with Crippen molar-refractivity contribution >= 4 is 17.0 Å². The van der Waals surface area contributed by atoms with Crippen LogP contribution in [0.5, 0.6) is 5.75 Å². The van der Waals surface area contributed by atoms with Gasteiger partial charge in [-0.3, -0.25) is 0 Å². The van der Waals surface area contributed by atoms with E-state index in [2.05, 4.69) is 9.97 Å². The summed E-state index contributed by atoms with van der Waals surface area (Å²) in [5, 5.41) is 9.47. The Morgan fingerprint density at radius 2 is 1.81 bits per heavy atom. The third-order valence-electron chi connectivity index (χ3n) is 4.53. The van der Waals surface area contributed by atoms with Gasteiger partial charge in [0.05, 0.1) is 23.8 Å². The van der Waals surface area contributed by atoms with Gasteiger partial charge in [-0.2, -0.15) is 0 Å². The predicted octanol–water partition coefficient (Wildman–Crippen LogP) is 4.91. The summed E-state index contributed by atoms with van der Waals surface area (Å²) in [4.78, 5) is 19.3. The molecule has 0 fully saturated rings. The Bertz CT molecular complexity index is 1150. The van der Waals surface area contributed by atoms with Gasteiger partial charge in [-0.15, -0.1) is 0 Å². The van der Waals surface area contributed by atoms with Gasteiger partial charge in [0.15, 0.2) is 0 Å². The standard InChI is InChI=1S/C22H18N2O3/c1-13-10-17(22(25)26)20-18(11-13)23-21(24-20)16-9-8-15(12-19(16)27-2)14-6-4-3-5-7-14/h3-12H,1-2H3,(H,23,24)(H,25,26). The van der Waals surface area contributed by atoms with Crippen molar-refractivity contribution < 1.29 is 14.6 Å². The number of aromatic amines is 1. The van der Waals surface area contributed by atoms with Crippen LogP contribution in [0.2, 0.25) is 0 Å². The molecule has 0 aliphatic heterocycles. The van der Waals surface area contributed by atoms with Crippen molar-refractivity contribution in [3.05, 3.63) is 71.8 Å². The first-order valence-corrected chi connectivity index (χ1v) is 8.54. The minimum atomic E-state index is -0.992. The van der Waals surface area contributed by atoms with Crippen molar-refractivity contribution in [1.29, 1.82) is 0 Å². The van der Waals surface area contributed by atoms with E-state index in [0.29, 0.717) is 22.6 Å². The van der Waals surface area contributed by atoms with Crippen LogP contribution >= 0.6 is 0 Å². The van der Waals surface area contributed by atoms with Crippen LogP contribution in [-0.4, -0.2) is 28.2 Å². The molecule has 5 nitrogen and oxygen atoms in total. The smallest absolute Gasteiger partial charge is 0.337 e. The van der Waals surface area contributed by atoms with Crippen molar-refractivity contribution in [3.8, 4) is 28.3 Å². The molecule has 1 heterocycles. The fraction of sp³-hybridized carbons (Fsp3) is 0.0909. The molecule has 0 amide bonds. The van der Waals surface area contributed by atoms with E-state index in [1.54, 1.807) is 13.2 Å². The quantitative estimate of drug-likeness (QED) is 0.543. The zero-order valence-corrected chi connectivity index (χ0v) is 15.0. The van der Waals surface area contributed by atoms with Gasteiger partial charge in [-0.1, -0.05) is 36.4 Å². The number of aromatic nitrogens is 2. The number of aromatic carboxylic acids is 1. The maximum Gasteiger partial charge on any atom is 0.337 e. The fourth-order valence-electron chi connectivity index (χ4n) is 3.25. The normalized spacial score (nSPS) is 10.9. The van der Waals surface area contributed by atoms with Crippen LogP contribution in [-0.2, 0) is 0 Å². The maximum absolute atomic E-state index is 11.6. The average molecular weight is 358 g/mol. The number of imidazole rings is 1. The molecule has 0 bridgehead atoms. The lowest BCUT2D eigenvalue weighted by Gasteiger charge is -2.09. The SMILES string of the molecule is COc1cc(-c2ccccc2)ccc1-c1nc2c(C(=O)O)cc(C)cc2[nH]1. The minimum Gasteiger partial charge on any atom is -0.496 e. The number of hydrogen-bond acceptors (Lipinski definition) is 3. The first-order chi connectivity index (χ1) is 13.1. The van der Waals surface area contributed by atoms with E-state index in [9.17, 15) is 9.90 Å². The molecule has 0 spiro atoms. The van der Waals surface area contributed by atoms with Crippen molar-refractivity contribution in [3.63, 3.8) is 0 Å². The van der Waals surface area contributed by atoms with Gasteiger partial charge in [0, 0.05) is 0 Å². The Balaban J connectivity index is 1.86. The first-order valence-electron chi connectivity index (χ1n) is 8.54. The second-order valence-corrected chi connectivity index (χ2v) is 6.38. The Hall–Kier alpha value is -3.60. The summed E-state index contributed by atoms with van der Waals surface area (Å²) >= 11 is 0. The van der Waals surface area contributed by atoms with Crippen LogP contribution in [0.25, 0.3) is 33.5 Å². The highest BCUT2D eigenvalue weighted by atomic mass is 16.5. The molecular formula is C22H18N2O3. The summed E-state index contributed by atoms with van der Waals surface area (Å²) in [6.07, 6.45) is 0. The molecule has 4 rings (SSSR count). The van der Waals surface area contributed by atoms with Crippen molar-refractivity contribution in [2.75, 3.05) is 7.11 Å². The second-order valence-electron chi connectivity index (χ2n) is 6.38. The summed E-state index contributed by atoms with van der Waals surface area (Å²) in [5.41, 5.74) is 5.09. The van der Waals surface area contributed by atoms with Gasteiger partial charge >= 0.3 is 5.97 Å². The number of fused-ring (bicyclic) bond motifs is 1. The number of hydrogen-bond donors (Lipinski definition) is 2. The van der Waals surface area contributed by atoms with Crippen LogP contribution in [0, 0.1) is 6.92 Å². The Morgan fingerprint density at radius 3 is 2.52 bits per heavy atom. The van der Waals surface area contributed by atoms with Gasteiger partial charge in [0.2, 0.25) is 0 Å². The van der Waals surface area contributed by atoms with E-state index in [1.807, 2.05) is 61.5 Å². The number of benzene rings is 3. The molecule has 0 saturated carbocycles. The lowest BCUT2D eigenvalue weighted by molar-refractivity contribution is 0.0698. The number of methoxy groups -OCH3 is 1. The number of nitrogens with one attached hydrogen (secondary N) is 1. The van der Waals surface area contributed by atoms with E-state index in [-0.39, 0.29) is 5.56 Å². The topological polar surface area (TPSA) is 75.2 Å². The summed E-state index contributed by atoms with van der Waals surface area (Å²) in [5.74, 6) is 0.256. The fourth-order valence-corrected chi connectivity index (χ4v) is 3.25. The largest absolute Gasteiger partial charge is 0.496 e. The van der Waals surface area contributed by atoms with Crippen LogP contribution in [0.4, 0.5) is 0 Å². The number of carboxylic acids is 1. The maximum atomic E-state index is 11.6. The van der Waals surface area contributed by atoms with Crippen LogP contribution in [0.1, 0.15) is 15.9 Å². The molecule has 0 unspecified atom stereocenters. The number of ether oxygens (including phenoxy) is 1. The number of carbonyl (C=O) groups is 1. The highest BCUT2D eigenvalue weighted by Gasteiger charge is 2.17. The average Bonchev–Trinajstić information content (AvgIpc) is 3.10. The number of aryl methyl sites for hydroxylation is 1. The van der Waals surface area contributed by atoms with E-state index in [4.69, 9.17) is 4.74 Å². The summed E-state index contributed by atoms with van der Waals surface area (Å²) < 4.78 is 5.58. The molecule has 27 heavy (non-hydrogen) atoms. The van der Waals surface area contributed by atoms with Gasteiger partial charge in [-0.25, -0.2) is 9.78 Å². The first kappa shape index (κ1) is 16.8. The van der Waals surface area contributed by atoms with Crippen LogP contribution in [0.15, 0.2) is 60.7 Å². The van der Waals surface area contributed by atoms with Gasteiger partial charge < -0.3 is 14.8 Å². The number of rotatable bonds is 4. The molecule has 0 radical (unpaired) electrons. The molecule has 0 aliphatic rings. The lowest BCUT2D eigenvalue weighted by Crippen LogP contribution is -1.98. The monoisotopic (exact) mass is 358 g/mol. The highest BCUT2D eigenvalue weighted by molar-refractivity contribution is 6.02. The molecular weight excluding hydrogens is 340 g/mol. The van der Waals surface area contributed by atoms with Crippen LogP contribution in [0.3, 0.4) is 0 Å². The Labute approximate surface area is 156 Å². The van der Waals surface area contributed by atoms with Crippen molar-refractivity contribution in [2.24, 2.45) is 0 Å². The van der Waals surface area contributed by atoms with E-state index < -0.39 is 5.97 Å². The van der Waals surface area contributed by atoms with E-state index in [1.165, 1.54) is 0 Å². The van der Waals surface area contributed by atoms with E-state index >= 15 is 0 Å². The molecule has 0 saturated heterocycles. The van der Waals surface area contributed by atoms with Crippen LogP contribution < -0.4 is 4.74 Å². The molecule has 1 aromatic heterocycles. The third kappa shape index (κ3) is 3.04. The third-order valence-corrected chi connectivity index (χ3v) is 4.53. The zero-order chi connectivity index (χ0) is 19.0. The zero-order valence-electron chi connectivity index (χ0n) is 15.0. The molecule has 5 heteroatoms. The van der Waals surface area contributed by atoms with Gasteiger partial charge in [-0.05, 0) is 47.9 Å². The molecule has 134 valence electrons. The van der Waals surface area contributed by atoms with Gasteiger partial charge in [0.25, 0.3) is 0 Å². The summed E-state index contributed by atoms with van der Waals surface area (Å²) in [6.45, 7) is 1.86. The molecule has 0 aliphatic carbocycles. The summed E-state index contributed by atoms with van der Waals surface area (Å²) in [7, 11) is 1.61. The van der Waals surface area contributed by atoms with Gasteiger partial charge in [0.1, 0.15) is 17.1 Å². The number of carboxylic acid groups (broad SMARTS) is 1. The predicted molar refractivity (Wildman–Crippen MR) is 105 cm³/mol. The summed E-state index contributed by atoms with van der Waals surface area (Å²) in [6, 6.07) is 19.5. The Kier molecular flexibility index (Phi) is 4.12. The van der Waals surface area contributed by atoms with Crippen molar-refractivity contribution in [2.45, 2.75) is 6.92 Å². The number of H-pyrrole nitrogens is 1. The lowest BCUT2D eigenvalue weighted by atomic mass is 10.0. The Morgan fingerprint density at radius 1 is 1.04 bits per heavy atom. The highest BCUT2D eigenvalue weighted by Crippen LogP contribution is 2.34.